The molecular weight excluding hydrogens is 1370 g/mol. The molecule has 0 amide bonds. The number of rotatable bonds is 7. The molecule has 0 bridgehead atoms. The minimum atomic E-state index is -5.62. The second-order valence-corrected chi connectivity index (χ2v) is 22.4. The van der Waals surface area contributed by atoms with Crippen LogP contribution in [0.1, 0.15) is 50.1 Å². The highest BCUT2D eigenvalue weighted by atomic mass is 19.4. The van der Waals surface area contributed by atoms with Gasteiger partial charge in [0.15, 0.2) is 5.69 Å². The summed E-state index contributed by atoms with van der Waals surface area (Å²) >= 11 is 0. The zero-order valence-corrected chi connectivity index (χ0v) is 48.5. The molecule has 0 fully saturated rings. The van der Waals surface area contributed by atoms with Crippen LogP contribution in [-0.2, 0) is 49.4 Å². The van der Waals surface area contributed by atoms with Crippen LogP contribution < -0.4 is 0 Å². The maximum atomic E-state index is 15.5. The van der Waals surface area contributed by atoms with Crippen LogP contribution in [0.5, 0.6) is 0 Å². The Morgan fingerprint density at radius 3 is 0.889 bits per heavy atom. The third kappa shape index (κ3) is 12.3. The molecule has 0 aliphatic heterocycles. The van der Waals surface area contributed by atoms with Crippen molar-refractivity contribution in [3.63, 3.8) is 0 Å². The molecule has 0 spiro atoms. The first-order chi connectivity index (χ1) is 45.9. The topological polar surface area (TPSA) is 38.0 Å². The molecule has 0 saturated carbocycles. The maximum absolute atomic E-state index is 15.5. The van der Waals surface area contributed by atoms with Crippen molar-refractivity contribution in [1.29, 1.82) is 5.26 Å². The molecule has 504 valence electrons. The number of hydrogen-bond acceptors (Lipinski definition) is 1. The van der Waals surface area contributed by atoms with Gasteiger partial charge in [0.05, 0.1) is 96.2 Å². The Morgan fingerprint density at radius 1 is 0.293 bits per heavy atom. The van der Waals surface area contributed by atoms with E-state index in [4.69, 9.17) is 6.57 Å². The van der Waals surface area contributed by atoms with Crippen molar-refractivity contribution in [3.8, 4) is 73.1 Å². The Hall–Kier alpha value is -11.0. The summed E-state index contributed by atoms with van der Waals surface area (Å²) in [6.07, 6.45) is -43.8. The molecule has 12 aromatic rings. The van der Waals surface area contributed by atoms with Crippen LogP contribution in [0.3, 0.4) is 0 Å². The van der Waals surface area contributed by atoms with Gasteiger partial charge < -0.3 is 9.13 Å². The summed E-state index contributed by atoms with van der Waals surface area (Å²) in [5.41, 5.74) is -27.0. The lowest BCUT2D eigenvalue weighted by Crippen LogP contribution is -2.12. The van der Waals surface area contributed by atoms with Gasteiger partial charge in [0.25, 0.3) is 0 Å². The van der Waals surface area contributed by atoms with Crippen LogP contribution >= 0.6 is 0 Å². The number of aromatic nitrogens is 2. The molecule has 0 saturated heterocycles. The quantitative estimate of drug-likeness (QED) is 0.116. The molecule has 29 heteroatoms. The molecule has 0 aliphatic rings. The molecular formula is C70H29F25N4. The second kappa shape index (κ2) is 23.1. The number of nitriles is 1. The Bertz CT molecular complexity index is 5290. The molecule has 0 atom stereocenters. The van der Waals surface area contributed by atoms with Crippen LogP contribution in [0.4, 0.5) is 115 Å². The van der Waals surface area contributed by atoms with E-state index in [1.165, 1.54) is 6.07 Å². The lowest BCUT2D eigenvalue weighted by molar-refractivity contribution is -0.144. The van der Waals surface area contributed by atoms with Crippen molar-refractivity contribution in [2.45, 2.75) is 49.4 Å². The van der Waals surface area contributed by atoms with Gasteiger partial charge in [0, 0.05) is 21.5 Å². The minimum Gasteiger partial charge on any atom is -0.308 e. The molecule has 4 nitrogen and oxygen atoms in total. The van der Waals surface area contributed by atoms with E-state index in [1.54, 1.807) is 0 Å². The SMILES string of the molecule is [C-]#[N+]c1cc(-n2c3cc(-c4ccc(F)cc4C(F)(F)F)ccc3c3ccc(-c4ccc(C(F)(F)F)cc4C(F)(F)F)cc32)c(-n2c3cc(-c4ccc(C(F)(F)F)cc4C(F)(F)F)ccc3c3ccc(-c4ccc(C(F)(F)F)cc4C(F)(F)F)cc32)cc1-c1ccc(C#N)cc1C(F)(F)F. The van der Waals surface area contributed by atoms with Gasteiger partial charge in [-0.3, -0.25) is 0 Å². The van der Waals surface area contributed by atoms with Gasteiger partial charge in [-0.05, 0) is 153 Å². The zero-order chi connectivity index (χ0) is 72.0. The Kier molecular flexibility index (Phi) is 15.9. The number of benzene rings is 10. The van der Waals surface area contributed by atoms with E-state index >= 15 is 52.7 Å². The van der Waals surface area contributed by atoms with Gasteiger partial charge in [-0.1, -0.05) is 78.9 Å². The average Bonchev–Trinajstić information content (AvgIpc) is 1.57. The number of fused-ring (bicyclic) bond motifs is 6. The molecule has 2 heterocycles. The van der Waals surface area contributed by atoms with Gasteiger partial charge in [-0.25, -0.2) is 9.24 Å². The normalized spacial score (nSPS) is 13.1. The summed E-state index contributed by atoms with van der Waals surface area (Å²) in [6.45, 7) is 8.55. The number of nitrogens with zero attached hydrogens (tertiary/aromatic N) is 4. The van der Waals surface area contributed by atoms with E-state index in [2.05, 4.69) is 4.85 Å². The largest absolute Gasteiger partial charge is 0.417 e. The monoisotopic (exact) mass is 1400 g/mol. The summed E-state index contributed by atoms with van der Waals surface area (Å²) in [5.74, 6) is -1.40. The summed E-state index contributed by atoms with van der Waals surface area (Å²) in [7, 11) is 0. The molecule has 2 aromatic heterocycles. The summed E-state index contributed by atoms with van der Waals surface area (Å²) < 4.78 is 372. The highest BCUT2D eigenvalue weighted by Crippen LogP contribution is 2.52. The Morgan fingerprint density at radius 2 is 0.586 bits per heavy atom. The molecule has 0 radical (unpaired) electrons. The summed E-state index contributed by atoms with van der Waals surface area (Å²) in [6, 6.07) is 19.6. The van der Waals surface area contributed by atoms with Gasteiger partial charge in [0.1, 0.15) is 5.82 Å². The van der Waals surface area contributed by atoms with Crippen molar-refractivity contribution in [2.24, 2.45) is 0 Å². The van der Waals surface area contributed by atoms with E-state index in [9.17, 15) is 62.3 Å². The van der Waals surface area contributed by atoms with Crippen LogP contribution in [-0.4, -0.2) is 9.13 Å². The van der Waals surface area contributed by atoms with E-state index in [-0.39, 0.29) is 64.0 Å². The molecule has 0 aliphatic carbocycles. The summed E-state index contributed by atoms with van der Waals surface area (Å²) in [5, 5.41) is 9.12. The molecule has 99 heavy (non-hydrogen) atoms. The summed E-state index contributed by atoms with van der Waals surface area (Å²) in [4.78, 5) is 3.50. The average molecular weight is 1400 g/mol. The number of halogens is 25. The van der Waals surface area contributed by atoms with Crippen molar-refractivity contribution >= 4 is 49.3 Å². The molecule has 10 aromatic carbocycles. The standard InChI is InChI=1S/C70H29F25N4/c1-97-56-30-62(99-59-23-35(43-18-9-39(65(78,79)80)27-54(43)69(90,91)92)5-14-48(59)49-15-6-36(24-60(49)99)44-19-10-40(71)28-55(44)70(93,94)95)61(29-50(56)45-11-2-32(31-96)20-51(45)66(81,82)83)98-57-21-33(41-16-7-37(63(72,73)74)25-52(41)67(84,85)86)3-12-46(57)47-13-4-34(22-58(47)98)42-17-8-38(64(75,76)77)26-53(42)68(87,88)89/h2-30H. The van der Waals surface area contributed by atoms with Crippen molar-refractivity contribution in [2.75, 3.05) is 0 Å². The van der Waals surface area contributed by atoms with Crippen LogP contribution in [0, 0.1) is 23.7 Å². The van der Waals surface area contributed by atoms with Gasteiger partial charge in [-0.2, -0.15) is 111 Å². The van der Waals surface area contributed by atoms with E-state index in [0.717, 1.165) is 100 Å². The first-order valence-corrected chi connectivity index (χ1v) is 28.0. The lowest BCUT2D eigenvalue weighted by atomic mass is 9.94. The van der Waals surface area contributed by atoms with Crippen molar-refractivity contribution in [1.82, 2.24) is 9.13 Å². The van der Waals surface area contributed by atoms with Crippen molar-refractivity contribution in [3.05, 3.63) is 243 Å². The third-order valence-electron chi connectivity index (χ3n) is 16.5. The van der Waals surface area contributed by atoms with Gasteiger partial charge >= 0.3 is 49.4 Å². The first kappa shape index (κ1) is 68.0. The second-order valence-electron chi connectivity index (χ2n) is 22.4. The fourth-order valence-electron chi connectivity index (χ4n) is 12.2. The van der Waals surface area contributed by atoms with Crippen LogP contribution in [0.15, 0.2) is 176 Å². The fourth-order valence-corrected chi connectivity index (χ4v) is 12.2. The van der Waals surface area contributed by atoms with E-state index in [0.29, 0.717) is 42.5 Å². The maximum Gasteiger partial charge on any atom is 0.417 e. The Balaban J connectivity index is 1.32. The van der Waals surface area contributed by atoms with Gasteiger partial charge in [0.2, 0.25) is 0 Å². The van der Waals surface area contributed by atoms with E-state index in [1.807, 2.05) is 0 Å². The third-order valence-corrected chi connectivity index (χ3v) is 16.5. The van der Waals surface area contributed by atoms with Crippen LogP contribution in [0.2, 0.25) is 0 Å². The number of hydrogen-bond donors (Lipinski definition) is 0. The van der Waals surface area contributed by atoms with Crippen LogP contribution in [0.25, 0.3) is 115 Å². The lowest BCUT2D eigenvalue weighted by Gasteiger charge is -2.22. The first-order valence-electron chi connectivity index (χ1n) is 28.0. The smallest absolute Gasteiger partial charge is 0.308 e. The predicted octanol–water partition coefficient (Wildman–Crippen LogP) is 24.9. The Labute approximate surface area is 537 Å². The molecule has 12 rings (SSSR count). The fraction of sp³-hybridized carbons (Fsp3) is 0.114. The highest BCUT2D eigenvalue weighted by molar-refractivity contribution is 6.14. The van der Waals surface area contributed by atoms with Gasteiger partial charge in [-0.15, -0.1) is 0 Å². The van der Waals surface area contributed by atoms with E-state index < -0.39 is 200 Å². The van der Waals surface area contributed by atoms with Crippen molar-refractivity contribution < 1.29 is 110 Å². The highest BCUT2D eigenvalue weighted by Gasteiger charge is 2.43. The zero-order valence-electron chi connectivity index (χ0n) is 48.5. The minimum absolute atomic E-state index is 0.107. The molecule has 0 unspecified atom stereocenters. The molecule has 0 N–H and O–H groups in total. The predicted molar refractivity (Wildman–Crippen MR) is 313 cm³/mol. The number of alkyl halides is 24.